The lowest BCUT2D eigenvalue weighted by Crippen LogP contribution is -2.41. The van der Waals surface area contributed by atoms with Gasteiger partial charge in [0.05, 0.1) is 29.9 Å². The Morgan fingerprint density at radius 1 is 1.23 bits per heavy atom. The van der Waals surface area contributed by atoms with Crippen molar-refractivity contribution in [2.75, 3.05) is 5.75 Å². The van der Waals surface area contributed by atoms with Gasteiger partial charge in [0.25, 0.3) is 0 Å². The normalized spacial score (nSPS) is 34.2. The second kappa shape index (κ2) is 5.16. The van der Waals surface area contributed by atoms with Crippen molar-refractivity contribution < 1.29 is 8.42 Å². The molecule has 0 amide bonds. The number of benzene rings is 1. The summed E-state index contributed by atoms with van der Waals surface area (Å²) in [7, 11) is -3.26. The van der Waals surface area contributed by atoms with Gasteiger partial charge in [0.1, 0.15) is 0 Å². The number of aromatic nitrogens is 3. The zero-order valence-electron chi connectivity index (χ0n) is 15.2. The van der Waals surface area contributed by atoms with Crippen molar-refractivity contribution in [2.24, 2.45) is 16.7 Å². The summed E-state index contributed by atoms with van der Waals surface area (Å²) in [5, 5.41) is 8.42. The van der Waals surface area contributed by atoms with E-state index >= 15 is 0 Å². The highest BCUT2D eigenvalue weighted by Crippen LogP contribution is 2.70. The SMILES string of the molecule is CC1(C)[C@@H]2CC[C@]13CS(=O)(=O)N(Cc1cn(-c4ccccc4)nn1)[C@@H]3C2. The zero-order chi connectivity index (χ0) is 18.2. The van der Waals surface area contributed by atoms with Gasteiger partial charge in [-0.15, -0.1) is 5.10 Å². The molecular weight excluding hydrogens is 348 g/mol. The van der Waals surface area contributed by atoms with Gasteiger partial charge in [-0.05, 0) is 42.7 Å². The van der Waals surface area contributed by atoms with Crippen LogP contribution in [0.25, 0.3) is 5.69 Å². The van der Waals surface area contributed by atoms with Crippen LogP contribution < -0.4 is 0 Å². The number of para-hydroxylation sites is 1. The summed E-state index contributed by atoms with van der Waals surface area (Å²) < 4.78 is 29.4. The third-order valence-corrected chi connectivity index (χ3v) is 9.39. The van der Waals surface area contributed by atoms with Crippen molar-refractivity contribution in [3.8, 4) is 5.69 Å². The topological polar surface area (TPSA) is 68.1 Å². The Morgan fingerprint density at radius 3 is 2.73 bits per heavy atom. The Bertz CT molecular complexity index is 953. The van der Waals surface area contributed by atoms with Crippen molar-refractivity contribution in [3.05, 3.63) is 42.2 Å². The molecule has 5 rings (SSSR count). The average molecular weight is 372 g/mol. The minimum absolute atomic E-state index is 0.0913. The Kier molecular flexibility index (Phi) is 3.27. The minimum Gasteiger partial charge on any atom is -0.220 e. The predicted molar refractivity (Wildman–Crippen MR) is 98.0 cm³/mol. The summed E-state index contributed by atoms with van der Waals surface area (Å²) in [6.07, 6.45) is 5.02. The summed E-state index contributed by atoms with van der Waals surface area (Å²) >= 11 is 0. The van der Waals surface area contributed by atoms with Gasteiger partial charge in [0.2, 0.25) is 10.0 Å². The molecule has 2 heterocycles. The van der Waals surface area contributed by atoms with Crippen molar-refractivity contribution in [1.29, 1.82) is 0 Å². The Hall–Kier alpha value is -1.73. The highest BCUT2D eigenvalue weighted by molar-refractivity contribution is 7.89. The van der Waals surface area contributed by atoms with Gasteiger partial charge in [0.15, 0.2) is 0 Å². The molecule has 0 radical (unpaired) electrons. The van der Waals surface area contributed by atoms with E-state index in [2.05, 4.69) is 24.2 Å². The standard InChI is InChI=1S/C19H24N4O2S/c1-18(2)14-8-9-19(18)13-26(24,25)23(17(19)10-14)12-15-11-22(21-20-15)16-6-4-3-5-7-16/h3-7,11,14,17H,8-10,12-13H2,1-2H3/t14-,17-,19-/m1/s1. The van der Waals surface area contributed by atoms with Crippen LogP contribution in [0.1, 0.15) is 38.8 Å². The molecule has 2 saturated carbocycles. The summed E-state index contributed by atoms with van der Waals surface area (Å²) in [6, 6.07) is 9.87. The van der Waals surface area contributed by atoms with Crippen LogP contribution in [0.2, 0.25) is 0 Å². The largest absolute Gasteiger partial charge is 0.220 e. The molecule has 3 fully saturated rings. The Morgan fingerprint density at radius 2 is 2.00 bits per heavy atom. The minimum atomic E-state index is -3.26. The molecule has 1 aromatic heterocycles. The lowest BCUT2D eigenvalue weighted by Gasteiger charge is -2.37. The molecule has 1 aromatic carbocycles. The van der Waals surface area contributed by atoms with Crippen LogP contribution in [0, 0.1) is 16.7 Å². The van der Waals surface area contributed by atoms with Crippen molar-refractivity contribution in [1.82, 2.24) is 19.3 Å². The molecule has 1 saturated heterocycles. The second-order valence-corrected chi connectivity index (χ2v) is 10.6. The van der Waals surface area contributed by atoms with Gasteiger partial charge in [-0.25, -0.2) is 13.1 Å². The van der Waals surface area contributed by atoms with Crippen LogP contribution in [0.15, 0.2) is 36.5 Å². The molecule has 3 atom stereocenters. The summed E-state index contributed by atoms with van der Waals surface area (Å²) in [5.74, 6) is 0.923. The highest BCUT2D eigenvalue weighted by Gasteiger charge is 2.71. The first-order valence-electron chi connectivity index (χ1n) is 9.30. The molecular formula is C19H24N4O2S. The lowest BCUT2D eigenvalue weighted by atomic mass is 9.69. The molecule has 3 aliphatic rings. The second-order valence-electron chi connectivity index (χ2n) is 8.66. The average Bonchev–Trinajstić information content (AvgIpc) is 3.28. The van der Waals surface area contributed by atoms with E-state index in [1.807, 2.05) is 36.5 Å². The fraction of sp³-hybridized carbons (Fsp3) is 0.579. The van der Waals surface area contributed by atoms with E-state index in [1.165, 1.54) is 0 Å². The maximum Gasteiger partial charge on any atom is 0.215 e. The van der Waals surface area contributed by atoms with E-state index in [0.29, 0.717) is 23.9 Å². The lowest BCUT2D eigenvalue weighted by molar-refractivity contribution is 0.111. The van der Waals surface area contributed by atoms with Gasteiger partial charge in [0, 0.05) is 11.5 Å². The molecule has 2 aliphatic carbocycles. The first-order valence-corrected chi connectivity index (χ1v) is 10.9. The van der Waals surface area contributed by atoms with Crippen LogP contribution in [0.5, 0.6) is 0 Å². The molecule has 6 nitrogen and oxygen atoms in total. The van der Waals surface area contributed by atoms with Crippen LogP contribution in [-0.2, 0) is 16.6 Å². The summed E-state index contributed by atoms with van der Waals surface area (Å²) in [6.45, 7) is 4.87. The van der Waals surface area contributed by atoms with Crippen LogP contribution in [-0.4, -0.2) is 39.5 Å². The molecule has 1 aliphatic heterocycles. The molecule has 2 bridgehead atoms. The van der Waals surface area contributed by atoms with Gasteiger partial charge in [-0.2, -0.15) is 4.31 Å². The third kappa shape index (κ3) is 2.04. The van der Waals surface area contributed by atoms with Crippen LogP contribution in [0.4, 0.5) is 0 Å². The first-order chi connectivity index (χ1) is 12.3. The third-order valence-electron chi connectivity index (χ3n) is 7.41. The van der Waals surface area contributed by atoms with E-state index in [1.54, 1.807) is 8.99 Å². The monoisotopic (exact) mass is 372 g/mol. The van der Waals surface area contributed by atoms with Crippen LogP contribution in [0.3, 0.4) is 0 Å². The Balaban J connectivity index is 1.46. The van der Waals surface area contributed by atoms with E-state index in [-0.39, 0.29) is 16.9 Å². The molecule has 138 valence electrons. The maximum atomic E-state index is 13.0. The van der Waals surface area contributed by atoms with E-state index in [0.717, 1.165) is 24.9 Å². The van der Waals surface area contributed by atoms with Gasteiger partial charge >= 0.3 is 0 Å². The molecule has 2 aromatic rings. The number of rotatable bonds is 3. The maximum absolute atomic E-state index is 13.0. The van der Waals surface area contributed by atoms with E-state index < -0.39 is 10.0 Å². The number of sulfonamides is 1. The van der Waals surface area contributed by atoms with Gasteiger partial charge in [-0.3, -0.25) is 0 Å². The molecule has 0 unspecified atom stereocenters. The number of fused-ring (bicyclic) bond motifs is 1. The predicted octanol–water partition coefficient (Wildman–Crippen LogP) is 2.61. The van der Waals surface area contributed by atoms with E-state index in [9.17, 15) is 8.42 Å². The van der Waals surface area contributed by atoms with Crippen molar-refractivity contribution in [2.45, 2.75) is 45.7 Å². The fourth-order valence-electron chi connectivity index (χ4n) is 5.82. The van der Waals surface area contributed by atoms with Crippen molar-refractivity contribution >= 4 is 10.0 Å². The van der Waals surface area contributed by atoms with Crippen molar-refractivity contribution in [3.63, 3.8) is 0 Å². The summed E-state index contributed by atoms with van der Waals surface area (Å²) in [5.41, 5.74) is 1.63. The van der Waals surface area contributed by atoms with Gasteiger partial charge in [-0.1, -0.05) is 37.3 Å². The number of hydrogen-bond acceptors (Lipinski definition) is 4. The number of hydrogen-bond donors (Lipinski definition) is 0. The zero-order valence-corrected chi connectivity index (χ0v) is 16.0. The van der Waals surface area contributed by atoms with Gasteiger partial charge < -0.3 is 0 Å². The Labute approximate surface area is 154 Å². The first kappa shape index (κ1) is 16.4. The molecule has 26 heavy (non-hydrogen) atoms. The number of nitrogens with zero attached hydrogens (tertiary/aromatic N) is 4. The van der Waals surface area contributed by atoms with E-state index in [4.69, 9.17) is 0 Å². The fourth-order valence-corrected chi connectivity index (χ4v) is 8.35. The summed E-state index contributed by atoms with van der Waals surface area (Å²) in [4.78, 5) is 0. The molecule has 1 spiro atoms. The molecule has 7 heteroatoms. The quantitative estimate of drug-likeness (QED) is 0.831. The highest BCUT2D eigenvalue weighted by atomic mass is 32.2. The van der Waals surface area contributed by atoms with Crippen LogP contribution >= 0.6 is 0 Å². The molecule has 0 N–H and O–H groups in total. The smallest absolute Gasteiger partial charge is 0.215 e.